The van der Waals surface area contributed by atoms with E-state index in [0.29, 0.717) is 13.0 Å². The first-order valence-electron chi connectivity index (χ1n) is 12.9. The normalized spacial score (nSPS) is 19.7. The summed E-state index contributed by atoms with van der Waals surface area (Å²) in [5.41, 5.74) is -7.46. The van der Waals surface area contributed by atoms with Crippen LogP contribution in [0, 0.1) is 0 Å². The predicted molar refractivity (Wildman–Crippen MR) is 163 cm³/mol. The van der Waals surface area contributed by atoms with Crippen molar-refractivity contribution in [3.05, 3.63) is 89.1 Å². The van der Waals surface area contributed by atoms with Gasteiger partial charge in [0.05, 0.1) is 23.2 Å². The van der Waals surface area contributed by atoms with Gasteiger partial charge < -0.3 is 10.4 Å². The number of alkyl halides is 4. The number of hydrogen-bond donors (Lipinski definition) is 2. The second-order valence-corrected chi connectivity index (χ2v) is 12.3. The SMILES string of the molecule is CC12CCCN1N(Cc1ccccc1)C(=O)C(C(=P)Nc1ccc(C(F)(F)P)cc1-c1cc(C(F)(F)P)ncn1)=C2O. The second-order valence-electron chi connectivity index (χ2n) is 10.4. The number of benzene rings is 2. The molecule has 3 aromatic rings. The van der Waals surface area contributed by atoms with Crippen LogP contribution in [0.1, 0.15) is 36.6 Å². The van der Waals surface area contributed by atoms with E-state index in [1.54, 1.807) is 5.01 Å². The molecule has 14 heteroatoms. The van der Waals surface area contributed by atoms with Gasteiger partial charge >= 0.3 is 0 Å². The molecule has 3 heterocycles. The van der Waals surface area contributed by atoms with Crippen molar-refractivity contribution < 1.29 is 27.5 Å². The van der Waals surface area contributed by atoms with Crippen molar-refractivity contribution in [3.63, 3.8) is 0 Å². The third-order valence-electron chi connectivity index (χ3n) is 7.46. The maximum Gasteiger partial charge on any atom is 0.300 e. The van der Waals surface area contributed by atoms with Crippen LogP contribution in [0.15, 0.2) is 72.3 Å². The number of halogens is 4. The summed E-state index contributed by atoms with van der Waals surface area (Å²) in [7, 11) is 6.31. The van der Waals surface area contributed by atoms with Crippen LogP contribution in [-0.4, -0.2) is 48.5 Å². The van der Waals surface area contributed by atoms with E-state index < -0.39 is 34.0 Å². The standard InChI is InChI=1S/C28H28F4N5O2P3/c1-26-10-5-11-37(26)36(14-16-6-3-2-4-7-16)25(39)22(23(26)38)24(40)35-19-9-8-17(27(29,30)41)12-18(19)20-13-21(28(31,32)42)34-15-33-20/h2-4,6-9,12-13,15,35,38,40H,5,10-11,14,41-42H2,1H3. The average molecular weight is 635 g/mol. The molecule has 3 unspecified atom stereocenters. The molecule has 220 valence electrons. The molecule has 1 amide bonds. The van der Waals surface area contributed by atoms with Gasteiger partial charge in [-0.3, -0.25) is 9.80 Å². The molecule has 2 N–H and O–H groups in total. The average Bonchev–Trinajstić information content (AvgIpc) is 3.34. The number of fused-ring (bicyclic) bond motifs is 1. The number of hydrogen-bond acceptors (Lipinski definition) is 5. The summed E-state index contributed by atoms with van der Waals surface area (Å²) in [5.74, 6) is -0.622. The molecule has 2 aliphatic heterocycles. The highest BCUT2D eigenvalue weighted by atomic mass is 31.0. The molecule has 1 saturated heterocycles. The smallest absolute Gasteiger partial charge is 0.300 e. The van der Waals surface area contributed by atoms with Crippen molar-refractivity contribution in [1.82, 2.24) is 20.0 Å². The van der Waals surface area contributed by atoms with Crippen LogP contribution in [-0.2, 0) is 22.7 Å². The van der Waals surface area contributed by atoms with Crippen LogP contribution in [0.2, 0.25) is 0 Å². The molecular formula is C28H28F4N5O2P3. The van der Waals surface area contributed by atoms with E-state index in [1.165, 1.54) is 30.6 Å². The zero-order valence-electron chi connectivity index (χ0n) is 22.4. The molecule has 0 radical (unpaired) electrons. The van der Waals surface area contributed by atoms with Gasteiger partial charge in [0.25, 0.3) is 17.2 Å². The summed E-state index contributed by atoms with van der Waals surface area (Å²) in [6.07, 6.45) is 2.27. The molecule has 1 aromatic heterocycles. The zero-order chi connectivity index (χ0) is 30.4. The molecule has 5 rings (SSSR count). The minimum absolute atomic E-state index is 0.0329. The molecule has 0 aliphatic carbocycles. The first-order valence-corrected chi connectivity index (χ1v) is 14.6. The first kappa shape index (κ1) is 30.5. The molecule has 2 aromatic carbocycles. The molecule has 3 atom stereocenters. The minimum Gasteiger partial charge on any atom is -0.509 e. The Balaban J connectivity index is 1.56. The fourth-order valence-corrected chi connectivity index (χ4v) is 5.98. The first-order chi connectivity index (χ1) is 19.7. The Kier molecular flexibility index (Phi) is 8.19. The molecule has 1 fully saturated rings. The van der Waals surface area contributed by atoms with E-state index >= 15 is 0 Å². The van der Waals surface area contributed by atoms with Crippen LogP contribution in [0.3, 0.4) is 0 Å². The Morgan fingerprint density at radius 2 is 1.81 bits per heavy atom. The number of carbonyl (C=O) groups is 1. The summed E-state index contributed by atoms with van der Waals surface area (Å²) < 4.78 is 56.6. The van der Waals surface area contributed by atoms with Crippen molar-refractivity contribution in [2.75, 3.05) is 11.9 Å². The Morgan fingerprint density at radius 3 is 2.48 bits per heavy atom. The number of rotatable bonds is 8. The van der Waals surface area contributed by atoms with Crippen LogP contribution in [0.25, 0.3) is 11.3 Å². The van der Waals surface area contributed by atoms with Gasteiger partial charge in [-0.25, -0.2) is 15.0 Å². The lowest BCUT2D eigenvalue weighted by Crippen LogP contribution is -2.60. The number of aromatic nitrogens is 2. The quantitative estimate of drug-likeness (QED) is 0.224. The zero-order valence-corrected chi connectivity index (χ0v) is 25.7. The lowest BCUT2D eigenvalue weighted by atomic mass is 9.90. The van der Waals surface area contributed by atoms with Gasteiger partial charge in [-0.15, -0.1) is 0 Å². The molecule has 0 bridgehead atoms. The molecule has 0 spiro atoms. The molecule has 0 saturated carbocycles. The van der Waals surface area contributed by atoms with E-state index in [0.717, 1.165) is 30.4 Å². The summed E-state index contributed by atoms with van der Waals surface area (Å²) in [5, 5.41) is 17.9. The summed E-state index contributed by atoms with van der Waals surface area (Å²) in [6, 6.07) is 14.1. The monoisotopic (exact) mass is 635 g/mol. The number of aliphatic hydroxyl groups excluding tert-OH is 1. The van der Waals surface area contributed by atoms with E-state index in [1.807, 2.05) is 42.3 Å². The Morgan fingerprint density at radius 1 is 1.10 bits per heavy atom. The molecule has 7 nitrogen and oxygen atoms in total. The van der Waals surface area contributed by atoms with Crippen LogP contribution in [0.5, 0.6) is 0 Å². The maximum atomic E-state index is 14.3. The molecule has 42 heavy (non-hydrogen) atoms. The number of nitrogens with zero attached hydrogens (tertiary/aromatic N) is 4. The van der Waals surface area contributed by atoms with Crippen molar-refractivity contribution in [3.8, 4) is 11.3 Å². The molecular weight excluding hydrogens is 607 g/mol. The van der Waals surface area contributed by atoms with E-state index in [4.69, 9.17) is 0 Å². The number of anilines is 1. The van der Waals surface area contributed by atoms with Crippen molar-refractivity contribution in [1.29, 1.82) is 0 Å². The Labute approximate surface area is 247 Å². The second kappa shape index (κ2) is 11.3. The van der Waals surface area contributed by atoms with Gasteiger partial charge in [-0.1, -0.05) is 63.7 Å². The number of aliphatic hydroxyl groups is 1. The largest absolute Gasteiger partial charge is 0.509 e. The maximum absolute atomic E-state index is 14.3. The number of amides is 1. The lowest BCUT2D eigenvalue weighted by Gasteiger charge is -2.46. The van der Waals surface area contributed by atoms with Gasteiger partial charge in [0.1, 0.15) is 23.4 Å². The van der Waals surface area contributed by atoms with E-state index in [2.05, 4.69) is 24.1 Å². The van der Waals surface area contributed by atoms with Gasteiger partial charge in [0, 0.05) is 23.4 Å². The van der Waals surface area contributed by atoms with Crippen LogP contribution in [0.4, 0.5) is 23.2 Å². The summed E-state index contributed by atoms with van der Waals surface area (Å²) >= 11 is 0. The minimum atomic E-state index is -3.38. The summed E-state index contributed by atoms with van der Waals surface area (Å²) in [6.45, 7) is 2.69. The van der Waals surface area contributed by atoms with Gasteiger partial charge in [-0.05, 0) is 43.5 Å². The highest BCUT2D eigenvalue weighted by molar-refractivity contribution is 7.23. The number of carbonyl (C=O) groups excluding carboxylic acids is 1. The van der Waals surface area contributed by atoms with E-state index in [-0.39, 0.29) is 40.2 Å². The highest BCUT2D eigenvalue weighted by Gasteiger charge is 2.51. The predicted octanol–water partition coefficient (Wildman–Crippen LogP) is 6.30. The third-order valence-corrected chi connectivity index (χ3v) is 8.47. The summed E-state index contributed by atoms with van der Waals surface area (Å²) in [4.78, 5) is 21.6. The Bertz CT molecular complexity index is 1580. The van der Waals surface area contributed by atoms with Crippen molar-refractivity contribution >= 4 is 44.4 Å². The molecule has 2 aliphatic rings. The van der Waals surface area contributed by atoms with Gasteiger partial charge in [-0.2, -0.15) is 17.6 Å². The van der Waals surface area contributed by atoms with Gasteiger partial charge in [0.2, 0.25) is 0 Å². The number of hydrazine groups is 1. The fraction of sp³-hybridized carbons (Fsp3) is 0.286. The van der Waals surface area contributed by atoms with E-state index in [9.17, 15) is 27.5 Å². The lowest BCUT2D eigenvalue weighted by molar-refractivity contribution is -0.158. The van der Waals surface area contributed by atoms with Crippen molar-refractivity contribution in [2.45, 2.75) is 43.2 Å². The topological polar surface area (TPSA) is 81.6 Å². The van der Waals surface area contributed by atoms with Crippen molar-refractivity contribution in [2.24, 2.45) is 0 Å². The van der Waals surface area contributed by atoms with Crippen LogP contribution >= 0.6 is 27.3 Å². The Hall–Kier alpha value is -2.96. The number of nitrogens with one attached hydrogen (secondary N) is 1. The highest BCUT2D eigenvalue weighted by Crippen LogP contribution is 2.43. The van der Waals surface area contributed by atoms with Crippen LogP contribution < -0.4 is 5.32 Å². The van der Waals surface area contributed by atoms with Gasteiger partial charge in [0.15, 0.2) is 0 Å². The third kappa shape index (κ3) is 5.80. The fourth-order valence-electron chi connectivity index (χ4n) is 5.28.